The van der Waals surface area contributed by atoms with Gasteiger partial charge in [-0.1, -0.05) is 31.2 Å². The van der Waals surface area contributed by atoms with Crippen LogP contribution in [0.15, 0.2) is 48.5 Å². The molecule has 122 valence electrons. The molecule has 0 saturated carbocycles. The van der Waals surface area contributed by atoms with Crippen LogP contribution < -0.4 is 10.1 Å². The third kappa shape index (κ3) is 5.42. The molecule has 0 saturated heterocycles. The minimum atomic E-state index is -0.00531. The van der Waals surface area contributed by atoms with E-state index < -0.39 is 0 Å². The molecule has 0 atom stereocenters. The van der Waals surface area contributed by atoms with Gasteiger partial charge in [0.25, 0.3) is 0 Å². The van der Waals surface area contributed by atoms with E-state index in [9.17, 15) is 4.79 Å². The van der Waals surface area contributed by atoms with Gasteiger partial charge in [-0.25, -0.2) is 0 Å². The van der Waals surface area contributed by atoms with Crippen molar-refractivity contribution in [2.75, 3.05) is 26.0 Å². The molecule has 2 rings (SSSR count). The van der Waals surface area contributed by atoms with Crippen molar-refractivity contribution in [3.63, 3.8) is 0 Å². The van der Waals surface area contributed by atoms with Crippen molar-refractivity contribution in [2.24, 2.45) is 0 Å². The zero-order chi connectivity index (χ0) is 16.7. The van der Waals surface area contributed by atoms with E-state index in [1.165, 1.54) is 5.56 Å². The maximum Gasteiger partial charge on any atom is 0.238 e. The number of methoxy groups -OCH3 is 1. The fraction of sp³-hybridized carbons (Fsp3) is 0.316. The Labute approximate surface area is 138 Å². The van der Waals surface area contributed by atoms with Crippen LogP contribution in [-0.2, 0) is 17.8 Å². The number of carbonyl (C=O) groups excluding carboxylic acids is 1. The maximum atomic E-state index is 12.1. The van der Waals surface area contributed by atoms with Gasteiger partial charge in [-0.15, -0.1) is 0 Å². The van der Waals surface area contributed by atoms with Gasteiger partial charge in [0.15, 0.2) is 0 Å². The number of ether oxygens (including phenoxy) is 1. The lowest BCUT2D eigenvalue weighted by molar-refractivity contribution is -0.117. The van der Waals surface area contributed by atoms with Crippen LogP contribution in [0.4, 0.5) is 5.69 Å². The number of rotatable bonds is 7. The zero-order valence-corrected chi connectivity index (χ0v) is 14.0. The molecule has 0 aromatic heterocycles. The van der Waals surface area contributed by atoms with Gasteiger partial charge in [0.05, 0.1) is 13.7 Å². The number of aryl methyl sites for hydroxylation is 1. The first kappa shape index (κ1) is 17.0. The van der Waals surface area contributed by atoms with Crippen molar-refractivity contribution < 1.29 is 9.53 Å². The summed E-state index contributed by atoms with van der Waals surface area (Å²) in [5.41, 5.74) is 3.22. The van der Waals surface area contributed by atoms with Gasteiger partial charge >= 0.3 is 0 Å². The number of anilines is 1. The molecule has 0 unspecified atom stereocenters. The Balaban J connectivity index is 1.86. The van der Waals surface area contributed by atoms with Crippen LogP contribution in [-0.4, -0.2) is 31.5 Å². The Hall–Kier alpha value is -2.33. The summed E-state index contributed by atoms with van der Waals surface area (Å²) in [4.78, 5) is 14.1. The molecule has 0 aliphatic rings. The average Bonchev–Trinajstić information content (AvgIpc) is 2.55. The summed E-state index contributed by atoms with van der Waals surface area (Å²) in [5, 5.41) is 2.95. The third-order valence-electron chi connectivity index (χ3n) is 3.64. The molecule has 4 heteroatoms. The number of amides is 1. The normalized spacial score (nSPS) is 10.6. The second kappa shape index (κ2) is 8.34. The van der Waals surface area contributed by atoms with E-state index in [0.29, 0.717) is 13.1 Å². The Morgan fingerprint density at radius 2 is 1.87 bits per heavy atom. The molecule has 4 nitrogen and oxygen atoms in total. The SMILES string of the molecule is CCc1cccc(NC(=O)CN(C)Cc2ccc(OC)cc2)c1. The Kier molecular flexibility index (Phi) is 6.18. The molecule has 0 heterocycles. The average molecular weight is 312 g/mol. The lowest BCUT2D eigenvalue weighted by Gasteiger charge is -2.16. The number of nitrogens with zero attached hydrogens (tertiary/aromatic N) is 1. The summed E-state index contributed by atoms with van der Waals surface area (Å²) in [5.74, 6) is 0.833. The molecule has 2 aromatic rings. The van der Waals surface area contributed by atoms with E-state index in [0.717, 1.165) is 23.4 Å². The molecule has 23 heavy (non-hydrogen) atoms. The largest absolute Gasteiger partial charge is 0.497 e. The molecule has 0 spiro atoms. The Morgan fingerprint density at radius 1 is 1.13 bits per heavy atom. The number of likely N-dealkylation sites (N-methyl/N-ethyl adjacent to an activating group) is 1. The molecule has 0 aliphatic heterocycles. The summed E-state index contributed by atoms with van der Waals surface area (Å²) in [6.07, 6.45) is 0.959. The Morgan fingerprint density at radius 3 is 2.52 bits per heavy atom. The van der Waals surface area contributed by atoms with E-state index in [1.807, 2.05) is 54.4 Å². The maximum absolute atomic E-state index is 12.1. The van der Waals surface area contributed by atoms with E-state index >= 15 is 0 Å². The summed E-state index contributed by atoms with van der Waals surface area (Å²) >= 11 is 0. The molecule has 2 aromatic carbocycles. The van der Waals surface area contributed by atoms with Crippen LogP contribution in [0.25, 0.3) is 0 Å². The van der Waals surface area contributed by atoms with E-state index in [1.54, 1.807) is 7.11 Å². The number of benzene rings is 2. The second-order valence-electron chi connectivity index (χ2n) is 5.62. The monoisotopic (exact) mass is 312 g/mol. The van der Waals surface area contributed by atoms with Crippen molar-refractivity contribution in [1.29, 1.82) is 0 Å². The van der Waals surface area contributed by atoms with Crippen molar-refractivity contribution in [3.05, 3.63) is 59.7 Å². The van der Waals surface area contributed by atoms with Gasteiger partial charge in [0, 0.05) is 12.2 Å². The van der Waals surface area contributed by atoms with Crippen molar-refractivity contribution in [3.8, 4) is 5.75 Å². The number of nitrogens with one attached hydrogen (secondary N) is 1. The number of hydrogen-bond donors (Lipinski definition) is 1. The summed E-state index contributed by atoms with van der Waals surface area (Å²) in [6, 6.07) is 15.8. The highest BCUT2D eigenvalue weighted by molar-refractivity contribution is 5.92. The van der Waals surface area contributed by atoms with Gasteiger partial charge in [-0.3, -0.25) is 9.69 Å². The smallest absolute Gasteiger partial charge is 0.238 e. The van der Waals surface area contributed by atoms with Crippen LogP contribution in [0, 0.1) is 0 Å². The number of hydrogen-bond acceptors (Lipinski definition) is 3. The molecule has 0 aliphatic carbocycles. The molecular weight excluding hydrogens is 288 g/mol. The minimum absolute atomic E-state index is 0.00531. The van der Waals surface area contributed by atoms with Gasteiger partial charge in [0.2, 0.25) is 5.91 Å². The van der Waals surface area contributed by atoms with E-state index in [2.05, 4.69) is 18.3 Å². The van der Waals surface area contributed by atoms with Gasteiger partial charge in [-0.05, 0) is 48.9 Å². The van der Waals surface area contributed by atoms with E-state index in [4.69, 9.17) is 4.74 Å². The van der Waals surface area contributed by atoms with Gasteiger partial charge < -0.3 is 10.1 Å². The standard InChI is InChI=1S/C19H24N2O2/c1-4-15-6-5-7-17(12-15)20-19(22)14-21(2)13-16-8-10-18(23-3)11-9-16/h5-12H,4,13-14H2,1-3H3,(H,20,22). The molecule has 0 radical (unpaired) electrons. The molecule has 1 N–H and O–H groups in total. The first-order chi connectivity index (χ1) is 11.1. The first-order valence-electron chi connectivity index (χ1n) is 7.81. The summed E-state index contributed by atoms with van der Waals surface area (Å²) < 4.78 is 5.15. The summed E-state index contributed by atoms with van der Waals surface area (Å²) in [6.45, 7) is 3.17. The van der Waals surface area contributed by atoms with Gasteiger partial charge in [-0.2, -0.15) is 0 Å². The van der Waals surface area contributed by atoms with Crippen LogP contribution in [0.3, 0.4) is 0 Å². The summed E-state index contributed by atoms with van der Waals surface area (Å²) in [7, 11) is 3.59. The zero-order valence-electron chi connectivity index (χ0n) is 14.0. The van der Waals surface area contributed by atoms with Crippen molar-refractivity contribution in [2.45, 2.75) is 19.9 Å². The van der Waals surface area contributed by atoms with Gasteiger partial charge in [0.1, 0.15) is 5.75 Å². The lowest BCUT2D eigenvalue weighted by atomic mass is 10.1. The Bertz CT molecular complexity index is 638. The predicted molar refractivity (Wildman–Crippen MR) is 93.8 cm³/mol. The topological polar surface area (TPSA) is 41.6 Å². The highest BCUT2D eigenvalue weighted by atomic mass is 16.5. The van der Waals surface area contributed by atoms with Crippen molar-refractivity contribution >= 4 is 11.6 Å². The van der Waals surface area contributed by atoms with Crippen LogP contribution in [0.5, 0.6) is 5.75 Å². The highest BCUT2D eigenvalue weighted by Crippen LogP contribution is 2.13. The van der Waals surface area contributed by atoms with Crippen molar-refractivity contribution in [1.82, 2.24) is 4.90 Å². The molecule has 1 amide bonds. The third-order valence-corrected chi connectivity index (χ3v) is 3.64. The van der Waals surface area contributed by atoms with Crippen LogP contribution >= 0.6 is 0 Å². The molecular formula is C19H24N2O2. The minimum Gasteiger partial charge on any atom is -0.497 e. The molecule has 0 fully saturated rings. The predicted octanol–water partition coefficient (Wildman–Crippen LogP) is 3.33. The van der Waals surface area contributed by atoms with Crippen LogP contribution in [0.1, 0.15) is 18.1 Å². The van der Waals surface area contributed by atoms with Crippen LogP contribution in [0.2, 0.25) is 0 Å². The molecule has 0 bridgehead atoms. The lowest BCUT2D eigenvalue weighted by Crippen LogP contribution is -2.29. The quantitative estimate of drug-likeness (QED) is 0.852. The first-order valence-corrected chi connectivity index (χ1v) is 7.81. The highest BCUT2D eigenvalue weighted by Gasteiger charge is 2.08. The van der Waals surface area contributed by atoms with E-state index in [-0.39, 0.29) is 5.91 Å². The number of carbonyl (C=O) groups is 1. The fourth-order valence-electron chi connectivity index (χ4n) is 2.41. The fourth-order valence-corrected chi connectivity index (χ4v) is 2.41. The second-order valence-corrected chi connectivity index (χ2v) is 5.62.